The predicted molar refractivity (Wildman–Crippen MR) is 73.7 cm³/mol. The topological polar surface area (TPSA) is 55.2 Å². The van der Waals surface area contributed by atoms with E-state index >= 15 is 0 Å². The maximum atomic E-state index is 10.6. The molecule has 0 radical (unpaired) electrons. The number of rotatable bonds is 7. The molecule has 0 saturated heterocycles. The number of nitro benzene ring substituents is 1. The summed E-state index contributed by atoms with van der Waals surface area (Å²) >= 11 is 0. The average Bonchev–Trinajstić information content (AvgIpc) is 2.36. The summed E-state index contributed by atoms with van der Waals surface area (Å²) in [5, 5.41) is 14.0. The molecule has 100 valence electrons. The third kappa shape index (κ3) is 4.11. The molecule has 2 unspecified atom stereocenters. The first-order chi connectivity index (χ1) is 8.58. The maximum absolute atomic E-state index is 10.6. The van der Waals surface area contributed by atoms with E-state index in [1.165, 1.54) is 0 Å². The van der Waals surface area contributed by atoms with Crippen molar-refractivity contribution in [3.05, 3.63) is 39.9 Å². The predicted octanol–water partition coefficient (Wildman–Crippen LogP) is 3.16. The van der Waals surface area contributed by atoms with Crippen molar-refractivity contribution in [3.63, 3.8) is 0 Å². The van der Waals surface area contributed by atoms with Crippen molar-refractivity contribution >= 4 is 5.69 Å². The zero-order chi connectivity index (χ0) is 13.5. The molecule has 0 aliphatic carbocycles. The Labute approximate surface area is 109 Å². The molecule has 1 aromatic carbocycles. The third-order valence-electron chi connectivity index (χ3n) is 3.30. The van der Waals surface area contributed by atoms with E-state index in [0.717, 1.165) is 24.9 Å². The van der Waals surface area contributed by atoms with Gasteiger partial charge in [0.05, 0.1) is 4.92 Å². The Balaban J connectivity index is 2.63. The molecule has 0 aliphatic rings. The van der Waals surface area contributed by atoms with E-state index in [4.69, 9.17) is 0 Å². The van der Waals surface area contributed by atoms with Crippen LogP contribution in [0.25, 0.3) is 0 Å². The van der Waals surface area contributed by atoms with Crippen molar-refractivity contribution < 1.29 is 4.92 Å². The molecule has 0 aliphatic heterocycles. The van der Waals surface area contributed by atoms with Crippen molar-refractivity contribution in [3.8, 4) is 0 Å². The van der Waals surface area contributed by atoms with E-state index in [2.05, 4.69) is 26.1 Å². The van der Waals surface area contributed by atoms with E-state index < -0.39 is 0 Å². The summed E-state index contributed by atoms with van der Waals surface area (Å²) in [7, 11) is 0. The maximum Gasteiger partial charge on any atom is 0.269 e. The van der Waals surface area contributed by atoms with Crippen LogP contribution in [0.15, 0.2) is 24.3 Å². The van der Waals surface area contributed by atoms with Gasteiger partial charge in [-0.3, -0.25) is 10.1 Å². The van der Waals surface area contributed by atoms with Gasteiger partial charge in [0.1, 0.15) is 0 Å². The van der Waals surface area contributed by atoms with Crippen LogP contribution >= 0.6 is 0 Å². The molecule has 2 atom stereocenters. The molecule has 0 fully saturated rings. The number of hydrogen-bond acceptors (Lipinski definition) is 3. The van der Waals surface area contributed by atoms with Crippen molar-refractivity contribution in [2.45, 2.75) is 39.7 Å². The third-order valence-corrected chi connectivity index (χ3v) is 3.30. The Morgan fingerprint density at radius 3 is 2.33 bits per heavy atom. The second-order valence-electron chi connectivity index (χ2n) is 4.68. The molecule has 18 heavy (non-hydrogen) atoms. The molecule has 0 aromatic heterocycles. The fourth-order valence-electron chi connectivity index (χ4n) is 2.28. The Kier molecular flexibility index (Phi) is 5.78. The Hall–Kier alpha value is -1.42. The minimum absolute atomic E-state index is 0.158. The van der Waals surface area contributed by atoms with E-state index in [1.54, 1.807) is 12.1 Å². The molecule has 1 rings (SSSR count). The van der Waals surface area contributed by atoms with Crippen LogP contribution in [0, 0.1) is 16.0 Å². The highest BCUT2D eigenvalue weighted by atomic mass is 16.6. The summed E-state index contributed by atoms with van der Waals surface area (Å²) in [5.74, 6) is 0.524. The van der Waals surface area contributed by atoms with Gasteiger partial charge >= 0.3 is 0 Å². The van der Waals surface area contributed by atoms with Crippen LogP contribution in [0.5, 0.6) is 0 Å². The first-order valence-corrected chi connectivity index (χ1v) is 6.55. The molecule has 0 heterocycles. The lowest BCUT2D eigenvalue weighted by Gasteiger charge is -2.23. The van der Waals surface area contributed by atoms with Gasteiger partial charge in [-0.15, -0.1) is 0 Å². The number of nitrogens with zero attached hydrogens (tertiary/aromatic N) is 1. The molecule has 0 amide bonds. The van der Waals surface area contributed by atoms with Crippen LogP contribution in [0.2, 0.25) is 0 Å². The lowest BCUT2D eigenvalue weighted by Crippen LogP contribution is -2.35. The second kappa shape index (κ2) is 7.11. The highest BCUT2D eigenvalue weighted by Crippen LogP contribution is 2.17. The van der Waals surface area contributed by atoms with Gasteiger partial charge in [0.25, 0.3) is 5.69 Å². The Morgan fingerprint density at radius 2 is 1.89 bits per heavy atom. The molecular formula is C14H22N2O2. The molecule has 0 saturated carbocycles. The van der Waals surface area contributed by atoms with Crippen molar-refractivity contribution in [1.29, 1.82) is 0 Å². The quantitative estimate of drug-likeness (QED) is 0.597. The molecule has 4 heteroatoms. The molecule has 0 spiro atoms. The van der Waals surface area contributed by atoms with Gasteiger partial charge < -0.3 is 5.32 Å². The van der Waals surface area contributed by atoms with Crippen LogP contribution in [0.4, 0.5) is 5.69 Å². The summed E-state index contributed by atoms with van der Waals surface area (Å²) < 4.78 is 0. The first kappa shape index (κ1) is 14.6. The van der Waals surface area contributed by atoms with Crippen LogP contribution in [0.3, 0.4) is 0 Å². The Bertz CT molecular complexity index is 376. The SMILES string of the molecule is CCNC(CC)C(C)Cc1ccc([N+](=O)[O-])cc1. The normalized spacial score (nSPS) is 14.2. The minimum atomic E-state index is -0.360. The standard InChI is InChI=1S/C14H22N2O2/c1-4-14(15-5-2)11(3)10-12-6-8-13(9-7-12)16(17)18/h6-9,11,14-15H,4-5,10H2,1-3H3. The summed E-state index contributed by atoms with van der Waals surface area (Å²) in [5.41, 5.74) is 1.31. The minimum Gasteiger partial charge on any atom is -0.314 e. The van der Waals surface area contributed by atoms with E-state index in [0.29, 0.717) is 12.0 Å². The number of non-ortho nitro benzene ring substituents is 1. The van der Waals surface area contributed by atoms with Gasteiger partial charge in [0.2, 0.25) is 0 Å². The number of nitro groups is 1. The number of hydrogen-bond donors (Lipinski definition) is 1. The van der Waals surface area contributed by atoms with Gasteiger partial charge in [-0.1, -0.05) is 32.9 Å². The molecule has 1 N–H and O–H groups in total. The van der Waals surface area contributed by atoms with Crippen LogP contribution in [0.1, 0.15) is 32.8 Å². The Morgan fingerprint density at radius 1 is 1.28 bits per heavy atom. The number of benzene rings is 1. The largest absolute Gasteiger partial charge is 0.314 e. The second-order valence-corrected chi connectivity index (χ2v) is 4.68. The van der Waals surface area contributed by atoms with Gasteiger partial charge in [-0.05, 0) is 30.9 Å². The van der Waals surface area contributed by atoms with Crippen molar-refractivity contribution in [1.82, 2.24) is 5.32 Å². The monoisotopic (exact) mass is 250 g/mol. The van der Waals surface area contributed by atoms with Gasteiger partial charge in [0, 0.05) is 18.2 Å². The van der Waals surface area contributed by atoms with E-state index in [-0.39, 0.29) is 10.6 Å². The van der Waals surface area contributed by atoms with Gasteiger partial charge in [-0.2, -0.15) is 0 Å². The van der Waals surface area contributed by atoms with Crippen molar-refractivity contribution in [2.75, 3.05) is 6.54 Å². The summed E-state index contributed by atoms with van der Waals surface area (Å²) in [6.45, 7) is 7.49. The highest BCUT2D eigenvalue weighted by molar-refractivity contribution is 5.33. The van der Waals surface area contributed by atoms with E-state index in [1.807, 2.05) is 12.1 Å². The zero-order valence-electron chi connectivity index (χ0n) is 11.3. The van der Waals surface area contributed by atoms with E-state index in [9.17, 15) is 10.1 Å². The number of nitrogens with one attached hydrogen (secondary N) is 1. The molecule has 1 aromatic rings. The zero-order valence-corrected chi connectivity index (χ0v) is 11.3. The fourth-order valence-corrected chi connectivity index (χ4v) is 2.28. The summed E-state index contributed by atoms with van der Waals surface area (Å²) in [6, 6.07) is 7.37. The van der Waals surface area contributed by atoms with Gasteiger partial charge in [0.15, 0.2) is 0 Å². The molecular weight excluding hydrogens is 228 g/mol. The average molecular weight is 250 g/mol. The highest BCUT2D eigenvalue weighted by Gasteiger charge is 2.15. The van der Waals surface area contributed by atoms with Crippen LogP contribution in [-0.2, 0) is 6.42 Å². The van der Waals surface area contributed by atoms with Crippen LogP contribution in [-0.4, -0.2) is 17.5 Å². The molecule has 4 nitrogen and oxygen atoms in total. The first-order valence-electron chi connectivity index (χ1n) is 6.55. The van der Waals surface area contributed by atoms with Gasteiger partial charge in [-0.25, -0.2) is 0 Å². The lowest BCUT2D eigenvalue weighted by atomic mass is 9.92. The summed E-state index contributed by atoms with van der Waals surface area (Å²) in [6.07, 6.45) is 2.05. The van der Waals surface area contributed by atoms with Crippen molar-refractivity contribution in [2.24, 2.45) is 5.92 Å². The fraction of sp³-hybridized carbons (Fsp3) is 0.571. The smallest absolute Gasteiger partial charge is 0.269 e. The molecule has 0 bridgehead atoms. The van der Waals surface area contributed by atoms with Crippen LogP contribution < -0.4 is 5.32 Å². The lowest BCUT2D eigenvalue weighted by molar-refractivity contribution is -0.384. The summed E-state index contributed by atoms with van der Waals surface area (Å²) in [4.78, 5) is 10.2.